The van der Waals surface area contributed by atoms with Gasteiger partial charge in [0.15, 0.2) is 5.78 Å². The number of fused-ring (bicyclic) bond motifs is 1. The topological polar surface area (TPSA) is 82.8 Å². The van der Waals surface area contributed by atoms with Crippen LogP contribution in [0, 0.1) is 0 Å². The van der Waals surface area contributed by atoms with Crippen LogP contribution in [0.4, 0.5) is 0 Å². The molecule has 0 unspecified atom stereocenters. The van der Waals surface area contributed by atoms with Gasteiger partial charge in [0.05, 0.1) is 11.0 Å². The fourth-order valence-corrected chi connectivity index (χ4v) is 1.66. The quantitative estimate of drug-likeness (QED) is 0.616. The summed E-state index contributed by atoms with van der Waals surface area (Å²) in [7, 11) is 0. The number of carbonyl (C=O) groups is 1. The fraction of sp³-hybridized carbons (Fsp3) is 0.250. The first-order chi connectivity index (χ1) is 8.11. The Hall–Kier alpha value is -2.17. The van der Waals surface area contributed by atoms with Gasteiger partial charge in [-0.25, -0.2) is 0 Å². The Morgan fingerprint density at radius 1 is 1.12 bits per heavy atom. The monoisotopic (exact) mass is 232 g/mol. The van der Waals surface area contributed by atoms with Gasteiger partial charge in [0.25, 0.3) is 0 Å². The molecule has 1 aromatic heterocycles. The lowest BCUT2D eigenvalue weighted by atomic mass is 10.1. The molecule has 0 amide bonds. The van der Waals surface area contributed by atoms with E-state index in [0.717, 1.165) is 6.42 Å². The maximum absolute atomic E-state index is 11.7. The summed E-state index contributed by atoms with van der Waals surface area (Å²) in [4.78, 5) is 38.8. The van der Waals surface area contributed by atoms with Crippen molar-refractivity contribution in [2.24, 2.45) is 0 Å². The second-order valence-corrected chi connectivity index (χ2v) is 3.84. The Bertz CT molecular complexity index is 682. The minimum atomic E-state index is -0.711. The first kappa shape index (κ1) is 11.3. The summed E-state index contributed by atoms with van der Waals surface area (Å²) in [5.74, 6) is 0.0291. The number of carbonyl (C=O) groups excluding carboxylic acids is 1. The SMILES string of the molecule is CCCC(=O)c1ccc2[nH]c(=O)c(=O)[nH]c2c1. The van der Waals surface area contributed by atoms with E-state index in [4.69, 9.17) is 0 Å². The van der Waals surface area contributed by atoms with E-state index in [1.54, 1.807) is 18.2 Å². The van der Waals surface area contributed by atoms with Gasteiger partial charge in [-0.3, -0.25) is 14.4 Å². The van der Waals surface area contributed by atoms with Gasteiger partial charge in [-0.2, -0.15) is 0 Å². The third kappa shape index (κ3) is 2.18. The standard InChI is InChI=1S/C12H12N2O3/c1-2-3-10(15)7-4-5-8-9(6-7)14-12(17)11(16)13-8/h4-6H,2-3H2,1H3,(H,13,16)(H,14,17). The minimum Gasteiger partial charge on any atom is -0.316 e. The van der Waals surface area contributed by atoms with Gasteiger partial charge in [-0.15, -0.1) is 0 Å². The number of ketones is 1. The molecule has 2 aromatic rings. The van der Waals surface area contributed by atoms with Crippen LogP contribution in [-0.4, -0.2) is 15.8 Å². The first-order valence-corrected chi connectivity index (χ1v) is 5.41. The lowest BCUT2D eigenvalue weighted by Crippen LogP contribution is -2.28. The highest BCUT2D eigenvalue weighted by atomic mass is 16.2. The van der Waals surface area contributed by atoms with Crippen LogP contribution < -0.4 is 11.1 Å². The zero-order valence-corrected chi connectivity index (χ0v) is 9.37. The molecule has 0 saturated heterocycles. The van der Waals surface area contributed by atoms with Gasteiger partial charge in [0.2, 0.25) is 0 Å². The molecule has 0 saturated carbocycles. The van der Waals surface area contributed by atoms with E-state index in [2.05, 4.69) is 9.97 Å². The summed E-state index contributed by atoms with van der Waals surface area (Å²) < 4.78 is 0. The molecular formula is C12H12N2O3. The fourth-order valence-electron chi connectivity index (χ4n) is 1.66. The highest BCUT2D eigenvalue weighted by Gasteiger charge is 2.06. The highest BCUT2D eigenvalue weighted by Crippen LogP contribution is 2.11. The zero-order valence-electron chi connectivity index (χ0n) is 9.37. The zero-order chi connectivity index (χ0) is 12.4. The number of benzene rings is 1. The van der Waals surface area contributed by atoms with E-state index in [0.29, 0.717) is 23.0 Å². The lowest BCUT2D eigenvalue weighted by Gasteiger charge is -2.01. The average molecular weight is 232 g/mol. The number of aromatic amines is 2. The molecule has 0 aliphatic heterocycles. The van der Waals surface area contributed by atoms with Crippen LogP contribution in [0.25, 0.3) is 11.0 Å². The summed E-state index contributed by atoms with van der Waals surface area (Å²) in [5, 5.41) is 0. The molecule has 0 spiro atoms. The molecule has 0 aliphatic carbocycles. The largest absolute Gasteiger partial charge is 0.316 e. The summed E-state index contributed by atoms with van der Waals surface area (Å²) in [5.41, 5.74) is 0.129. The van der Waals surface area contributed by atoms with Gasteiger partial charge in [-0.05, 0) is 24.6 Å². The van der Waals surface area contributed by atoms with E-state index in [-0.39, 0.29) is 5.78 Å². The van der Waals surface area contributed by atoms with Crippen LogP contribution in [0.1, 0.15) is 30.1 Å². The molecule has 2 N–H and O–H groups in total. The van der Waals surface area contributed by atoms with Crippen molar-refractivity contribution in [3.8, 4) is 0 Å². The van der Waals surface area contributed by atoms with Crippen LogP contribution in [0.2, 0.25) is 0 Å². The third-order valence-corrected chi connectivity index (χ3v) is 2.52. The van der Waals surface area contributed by atoms with Crippen molar-refractivity contribution < 1.29 is 4.79 Å². The van der Waals surface area contributed by atoms with E-state index < -0.39 is 11.1 Å². The van der Waals surface area contributed by atoms with Gasteiger partial charge in [-0.1, -0.05) is 6.92 Å². The molecule has 0 bridgehead atoms. The number of hydrogen-bond acceptors (Lipinski definition) is 3. The van der Waals surface area contributed by atoms with Gasteiger partial charge >= 0.3 is 11.1 Å². The Labute approximate surface area is 96.5 Å². The van der Waals surface area contributed by atoms with Crippen molar-refractivity contribution in [1.82, 2.24) is 9.97 Å². The maximum Gasteiger partial charge on any atom is 0.314 e. The van der Waals surface area contributed by atoms with Crippen molar-refractivity contribution in [3.63, 3.8) is 0 Å². The molecular weight excluding hydrogens is 220 g/mol. The van der Waals surface area contributed by atoms with E-state index in [1.807, 2.05) is 6.92 Å². The van der Waals surface area contributed by atoms with Crippen LogP contribution in [0.5, 0.6) is 0 Å². The van der Waals surface area contributed by atoms with E-state index in [1.165, 1.54) is 0 Å². The van der Waals surface area contributed by atoms with Crippen molar-refractivity contribution >= 4 is 16.8 Å². The molecule has 2 rings (SSSR count). The molecule has 0 aliphatic rings. The van der Waals surface area contributed by atoms with Crippen molar-refractivity contribution in [3.05, 3.63) is 44.5 Å². The second-order valence-electron chi connectivity index (χ2n) is 3.84. The molecule has 17 heavy (non-hydrogen) atoms. The smallest absolute Gasteiger partial charge is 0.314 e. The minimum absolute atomic E-state index is 0.0291. The molecule has 0 radical (unpaired) electrons. The van der Waals surface area contributed by atoms with Crippen LogP contribution in [0.15, 0.2) is 27.8 Å². The van der Waals surface area contributed by atoms with Gasteiger partial charge < -0.3 is 9.97 Å². The average Bonchev–Trinajstić information content (AvgIpc) is 2.30. The summed E-state index contributed by atoms with van der Waals surface area (Å²) >= 11 is 0. The van der Waals surface area contributed by atoms with E-state index >= 15 is 0 Å². The molecule has 1 aromatic carbocycles. The number of Topliss-reactive ketones (excluding diaryl/α,β-unsaturated/α-hetero) is 1. The number of rotatable bonds is 3. The van der Waals surface area contributed by atoms with Crippen molar-refractivity contribution in [2.45, 2.75) is 19.8 Å². The number of H-pyrrole nitrogens is 2. The predicted octanol–water partition coefficient (Wildman–Crippen LogP) is 1.20. The Morgan fingerprint density at radius 3 is 2.41 bits per heavy atom. The summed E-state index contributed by atoms with van der Waals surface area (Å²) in [6.45, 7) is 1.93. The van der Waals surface area contributed by atoms with Gasteiger partial charge in [0, 0.05) is 12.0 Å². The Kier molecular flexibility index (Phi) is 2.91. The summed E-state index contributed by atoms with van der Waals surface area (Å²) in [6.07, 6.45) is 1.25. The number of hydrogen-bond donors (Lipinski definition) is 2. The van der Waals surface area contributed by atoms with Crippen molar-refractivity contribution in [2.75, 3.05) is 0 Å². The molecule has 0 fully saturated rings. The number of aromatic nitrogens is 2. The third-order valence-electron chi connectivity index (χ3n) is 2.52. The highest BCUT2D eigenvalue weighted by molar-refractivity contribution is 5.98. The molecule has 0 atom stereocenters. The lowest BCUT2D eigenvalue weighted by molar-refractivity contribution is 0.0982. The Morgan fingerprint density at radius 2 is 1.76 bits per heavy atom. The second kappa shape index (κ2) is 4.37. The summed E-state index contributed by atoms with van der Waals surface area (Å²) in [6, 6.07) is 4.86. The predicted molar refractivity (Wildman–Crippen MR) is 64.4 cm³/mol. The Balaban J connectivity index is 2.58. The normalized spacial score (nSPS) is 10.6. The molecule has 1 heterocycles. The van der Waals surface area contributed by atoms with Crippen molar-refractivity contribution in [1.29, 1.82) is 0 Å². The molecule has 88 valence electrons. The van der Waals surface area contributed by atoms with Gasteiger partial charge in [0.1, 0.15) is 0 Å². The van der Waals surface area contributed by atoms with Crippen LogP contribution >= 0.6 is 0 Å². The number of nitrogens with one attached hydrogen (secondary N) is 2. The van der Waals surface area contributed by atoms with E-state index in [9.17, 15) is 14.4 Å². The first-order valence-electron chi connectivity index (χ1n) is 5.41. The van der Waals surface area contributed by atoms with Crippen LogP contribution in [-0.2, 0) is 0 Å². The molecule has 5 nitrogen and oxygen atoms in total. The maximum atomic E-state index is 11.7. The molecule has 5 heteroatoms. The van der Waals surface area contributed by atoms with Crippen LogP contribution in [0.3, 0.4) is 0 Å².